The van der Waals surface area contributed by atoms with Crippen molar-refractivity contribution in [3.05, 3.63) is 94.0 Å². The van der Waals surface area contributed by atoms with E-state index in [1.54, 1.807) is 42.5 Å². The molecule has 1 amide bonds. The van der Waals surface area contributed by atoms with Gasteiger partial charge >= 0.3 is 0 Å². The third kappa shape index (κ3) is 6.11. The number of benzene rings is 3. The lowest BCUT2D eigenvalue weighted by Crippen LogP contribution is -2.13. The molecule has 0 saturated heterocycles. The lowest BCUT2D eigenvalue weighted by atomic mass is 10.1. The van der Waals surface area contributed by atoms with Crippen LogP contribution < -0.4 is 14.8 Å². The zero-order valence-corrected chi connectivity index (χ0v) is 17.9. The molecule has 0 fully saturated rings. The number of hydrogen-bond acceptors (Lipinski definition) is 4. The van der Waals surface area contributed by atoms with Crippen LogP contribution in [0.25, 0.3) is 6.08 Å². The number of aryl methyl sites for hydroxylation is 1. The number of carbonyl (C=O) groups is 1. The Kier molecular flexibility index (Phi) is 7.31. The molecular formula is C25H21ClN2O3. The second-order valence-electron chi connectivity index (χ2n) is 6.82. The number of nitriles is 1. The Balaban J connectivity index is 1.74. The quantitative estimate of drug-likeness (QED) is 0.379. The molecule has 0 aliphatic heterocycles. The number of rotatable bonds is 7. The minimum absolute atomic E-state index is 0.0162. The van der Waals surface area contributed by atoms with Gasteiger partial charge in [-0.15, -0.1) is 0 Å². The van der Waals surface area contributed by atoms with Crippen LogP contribution in [-0.2, 0) is 11.4 Å². The fraction of sp³-hybridized carbons (Fsp3) is 0.120. The van der Waals surface area contributed by atoms with Crippen LogP contribution >= 0.6 is 11.6 Å². The number of hydrogen-bond donors (Lipinski definition) is 1. The van der Waals surface area contributed by atoms with Crippen molar-refractivity contribution >= 4 is 29.3 Å². The predicted octanol–water partition coefficient (Wildman–Crippen LogP) is 5.78. The number of nitrogens with zero attached hydrogens (tertiary/aromatic N) is 1. The monoisotopic (exact) mass is 432 g/mol. The van der Waals surface area contributed by atoms with Crippen LogP contribution in [0.3, 0.4) is 0 Å². The second kappa shape index (κ2) is 10.3. The number of methoxy groups -OCH3 is 1. The smallest absolute Gasteiger partial charge is 0.266 e. The highest BCUT2D eigenvalue weighted by molar-refractivity contribution is 6.30. The molecule has 3 rings (SSSR count). The highest BCUT2D eigenvalue weighted by Gasteiger charge is 2.11. The van der Waals surface area contributed by atoms with Crippen LogP contribution in [0, 0.1) is 18.3 Å². The number of carbonyl (C=O) groups excluding carboxylic acids is 1. The van der Waals surface area contributed by atoms with Gasteiger partial charge in [0.15, 0.2) is 11.5 Å². The molecule has 0 atom stereocenters. The van der Waals surface area contributed by atoms with Gasteiger partial charge < -0.3 is 14.8 Å². The molecule has 0 radical (unpaired) electrons. The van der Waals surface area contributed by atoms with Gasteiger partial charge in [0.05, 0.1) is 7.11 Å². The van der Waals surface area contributed by atoms with E-state index in [9.17, 15) is 10.1 Å². The van der Waals surface area contributed by atoms with Crippen molar-refractivity contribution in [2.24, 2.45) is 0 Å². The molecular weight excluding hydrogens is 412 g/mol. The van der Waals surface area contributed by atoms with Gasteiger partial charge in [-0.2, -0.15) is 5.26 Å². The molecule has 5 nitrogen and oxygen atoms in total. The summed E-state index contributed by atoms with van der Waals surface area (Å²) in [6.45, 7) is 2.31. The number of amides is 1. The molecule has 0 spiro atoms. The maximum atomic E-state index is 12.5. The molecule has 0 saturated carbocycles. The Labute approximate surface area is 186 Å². The predicted molar refractivity (Wildman–Crippen MR) is 122 cm³/mol. The first-order chi connectivity index (χ1) is 15.0. The first-order valence-electron chi connectivity index (χ1n) is 9.53. The Hall–Kier alpha value is -3.75. The highest BCUT2D eigenvalue weighted by atomic mass is 35.5. The summed E-state index contributed by atoms with van der Waals surface area (Å²) in [6, 6.07) is 21.9. The van der Waals surface area contributed by atoms with E-state index in [4.69, 9.17) is 21.1 Å². The normalized spacial score (nSPS) is 10.8. The summed E-state index contributed by atoms with van der Waals surface area (Å²) in [4.78, 5) is 12.5. The molecule has 3 aromatic rings. The summed E-state index contributed by atoms with van der Waals surface area (Å²) in [5.41, 5.74) is 3.30. The van der Waals surface area contributed by atoms with Crippen molar-refractivity contribution in [2.45, 2.75) is 13.5 Å². The van der Waals surface area contributed by atoms with Gasteiger partial charge in [-0.1, -0.05) is 47.5 Å². The SMILES string of the molecule is COc1cc(/C=C(/C#N)C(=O)Nc2ccc(C)cc2)ccc1OCc1ccc(Cl)cc1. The van der Waals surface area contributed by atoms with E-state index >= 15 is 0 Å². The highest BCUT2D eigenvalue weighted by Crippen LogP contribution is 2.30. The lowest BCUT2D eigenvalue weighted by molar-refractivity contribution is -0.112. The number of nitrogens with one attached hydrogen (secondary N) is 1. The summed E-state index contributed by atoms with van der Waals surface area (Å²) in [6.07, 6.45) is 1.51. The van der Waals surface area contributed by atoms with E-state index in [-0.39, 0.29) is 5.57 Å². The van der Waals surface area contributed by atoms with E-state index in [1.165, 1.54) is 13.2 Å². The van der Waals surface area contributed by atoms with Crippen molar-refractivity contribution in [3.8, 4) is 17.6 Å². The van der Waals surface area contributed by atoms with Gasteiger partial charge in [-0.25, -0.2) is 0 Å². The molecule has 0 aliphatic rings. The van der Waals surface area contributed by atoms with Crippen LogP contribution in [0.1, 0.15) is 16.7 Å². The van der Waals surface area contributed by atoms with E-state index in [0.29, 0.717) is 34.4 Å². The van der Waals surface area contributed by atoms with Gasteiger partial charge in [-0.05, 0) is 60.5 Å². The third-order valence-electron chi connectivity index (χ3n) is 4.48. The Morgan fingerprint density at radius 3 is 2.42 bits per heavy atom. The molecule has 3 aromatic carbocycles. The van der Waals surface area contributed by atoms with Crippen molar-refractivity contribution in [1.82, 2.24) is 0 Å². The molecule has 0 aromatic heterocycles. The number of anilines is 1. The summed E-state index contributed by atoms with van der Waals surface area (Å²) in [5.74, 6) is 0.574. The lowest BCUT2D eigenvalue weighted by Gasteiger charge is -2.12. The molecule has 156 valence electrons. The first-order valence-corrected chi connectivity index (χ1v) is 9.91. The summed E-state index contributed by atoms with van der Waals surface area (Å²) >= 11 is 5.90. The van der Waals surface area contributed by atoms with Crippen molar-refractivity contribution < 1.29 is 14.3 Å². The van der Waals surface area contributed by atoms with E-state index in [2.05, 4.69) is 5.32 Å². The Bertz CT molecular complexity index is 1130. The summed E-state index contributed by atoms with van der Waals surface area (Å²) < 4.78 is 11.3. The first kappa shape index (κ1) is 21.9. The number of ether oxygens (including phenoxy) is 2. The Morgan fingerprint density at radius 2 is 1.77 bits per heavy atom. The zero-order chi connectivity index (χ0) is 22.2. The zero-order valence-electron chi connectivity index (χ0n) is 17.2. The van der Waals surface area contributed by atoms with Crippen LogP contribution in [0.15, 0.2) is 72.3 Å². The van der Waals surface area contributed by atoms with E-state index in [1.807, 2.05) is 37.3 Å². The topological polar surface area (TPSA) is 71.3 Å². The molecule has 31 heavy (non-hydrogen) atoms. The minimum atomic E-state index is -0.478. The van der Waals surface area contributed by atoms with Gasteiger partial charge in [-0.3, -0.25) is 4.79 Å². The summed E-state index contributed by atoms with van der Waals surface area (Å²) in [7, 11) is 1.54. The maximum Gasteiger partial charge on any atom is 0.266 e. The molecule has 6 heteroatoms. The van der Waals surface area contributed by atoms with Gasteiger partial charge in [0.1, 0.15) is 18.2 Å². The van der Waals surface area contributed by atoms with Crippen LogP contribution in [0.5, 0.6) is 11.5 Å². The third-order valence-corrected chi connectivity index (χ3v) is 4.73. The van der Waals surface area contributed by atoms with Gasteiger partial charge in [0.2, 0.25) is 0 Å². The summed E-state index contributed by atoms with van der Waals surface area (Å²) in [5, 5.41) is 12.8. The van der Waals surface area contributed by atoms with Crippen molar-refractivity contribution in [3.63, 3.8) is 0 Å². The fourth-order valence-corrected chi connectivity index (χ4v) is 2.91. The second-order valence-corrected chi connectivity index (χ2v) is 7.25. The van der Waals surface area contributed by atoms with Crippen molar-refractivity contribution in [1.29, 1.82) is 5.26 Å². The van der Waals surface area contributed by atoms with Crippen LogP contribution in [0.4, 0.5) is 5.69 Å². The molecule has 0 heterocycles. The maximum absolute atomic E-state index is 12.5. The molecule has 0 aliphatic carbocycles. The average Bonchev–Trinajstić information content (AvgIpc) is 2.78. The van der Waals surface area contributed by atoms with Gasteiger partial charge in [0, 0.05) is 10.7 Å². The molecule has 0 bridgehead atoms. The average molecular weight is 433 g/mol. The van der Waals surface area contributed by atoms with Crippen LogP contribution in [0.2, 0.25) is 5.02 Å². The minimum Gasteiger partial charge on any atom is -0.493 e. The standard InChI is InChI=1S/C25H21ClN2O3/c1-17-3-10-22(11-4-17)28-25(29)20(15-27)13-19-7-12-23(24(14-19)30-2)31-16-18-5-8-21(26)9-6-18/h3-14H,16H2,1-2H3,(H,28,29)/b20-13-. The van der Waals surface area contributed by atoms with Gasteiger partial charge in [0.25, 0.3) is 5.91 Å². The van der Waals surface area contributed by atoms with Crippen LogP contribution in [-0.4, -0.2) is 13.0 Å². The number of halogens is 1. The Morgan fingerprint density at radius 1 is 1.06 bits per heavy atom. The molecule has 0 unspecified atom stereocenters. The molecule has 1 N–H and O–H groups in total. The largest absolute Gasteiger partial charge is 0.493 e. The van der Waals surface area contributed by atoms with E-state index in [0.717, 1.165) is 11.1 Å². The fourth-order valence-electron chi connectivity index (χ4n) is 2.79. The van der Waals surface area contributed by atoms with Crippen molar-refractivity contribution in [2.75, 3.05) is 12.4 Å². The van der Waals surface area contributed by atoms with E-state index < -0.39 is 5.91 Å².